The van der Waals surface area contributed by atoms with Gasteiger partial charge in [0.05, 0.1) is 5.69 Å². The number of rotatable bonds is 4. The maximum absolute atomic E-state index is 6.43. The van der Waals surface area contributed by atoms with Gasteiger partial charge in [0.15, 0.2) is 0 Å². The minimum atomic E-state index is -0.150. The summed E-state index contributed by atoms with van der Waals surface area (Å²) >= 11 is 6.43. The van der Waals surface area contributed by atoms with Gasteiger partial charge in [0.1, 0.15) is 11.4 Å². The number of aromatic amines is 1. The molecule has 0 radical (unpaired) electrons. The number of nitrogens with one attached hydrogen (secondary N) is 1. The molecule has 2 aliphatic heterocycles. The zero-order valence-electron chi connectivity index (χ0n) is 17.2. The van der Waals surface area contributed by atoms with E-state index in [2.05, 4.69) is 71.2 Å². The molecule has 4 nitrogen and oxygen atoms in total. The zero-order valence-corrected chi connectivity index (χ0v) is 17.9. The largest absolute Gasteiger partial charge is 0.485 e. The molecule has 0 bridgehead atoms. The van der Waals surface area contributed by atoms with Crippen molar-refractivity contribution in [3.8, 4) is 5.75 Å². The van der Waals surface area contributed by atoms with Crippen molar-refractivity contribution in [2.24, 2.45) is 0 Å². The highest BCUT2D eigenvalue weighted by molar-refractivity contribution is 6.31. The molecule has 2 aromatic carbocycles. The van der Waals surface area contributed by atoms with Crippen molar-refractivity contribution in [2.75, 3.05) is 37.6 Å². The molecule has 0 spiro atoms. The van der Waals surface area contributed by atoms with E-state index in [1.807, 2.05) is 0 Å². The van der Waals surface area contributed by atoms with Gasteiger partial charge in [0.25, 0.3) is 0 Å². The number of hydrogen-bond donors (Lipinski definition) is 1. The number of piperazine rings is 1. The number of ether oxygens (including phenoxy) is 1. The number of para-hydroxylation sites is 1. The SMILES string of the molecule is CC1(C)Cc2cc(Cl)cc(N3CCN(CCc4c[nH]c5ccccc45)CC3)c2O1. The average Bonchev–Trinajstić information content (AvgIpc) is 3.25. The zero-order chi connectivity index (χ0) is 20.0. The Labute approximate surface area is 177 Å². The van der Waals surface area contributed by atoms with Gasteiger partial charge >= 0.3 is 0 Å². The molecule has 2 aliphatic rings. The molecule has 1 saturated heterocycles. The fourth-order valence-corrected chi connectivity index (χ4v) is 4.95. The Hall–Kier alpha value is -2.17. The lowest BCUT2D eigenvalue weighted by molar-refractivity contribution is 0.138. The van der Waals surface area contributed by atoms with Crippen molar-refractivity contribution < 1.29 is 4.74 Å². The molecule has 1 N–H and O–H groups in total. The Kier molecular flexibility index (Phi) is 4.72. The second kappa shape index (κ2) is 7.26. The molecule has 152 valence electrons. The van der Waals surface area contributed by atoms with E-state index in [4.69, 9.17) is 16.3 Å². The second-order valence-electron chi connectivity index (χ2n) is 8.89. The topological polar surface area (TPSA) is 31.5 Å². The van der Waals surface area contributed by atoms with Crippen LogP contribution in [0, 0.1) is 0 Å². The van der Waals surface area contributed by atoms with Gasteiger partial charge in [-0.15, -0.1) is 0 Å². The number of fused-ring (bicyclic) bond motifs is 2. The summed E-state index contributed by atoms with van der Waals surface area (Å²) in [5.74, 6) is 1.03. The molecule has 0 amide bonds. The van der Waals surface area contributed by atoms with Crippen LogP contribution in [0.2, 0.25) is 5.02 Å². The fourth-order valence-electron chi connectivity index (χ4n) is 4.72. The number of hydrogen-bond acceptors (Lipinski definition) is 3. The number of nitrogens with zero attached hydrogens (tertiary/aromatic N) is 2. The van der Waals surface area contributed by atoms with Crippen LogP contribution >= 0.6 is 11.6 Å². The predicted octanol–water partition coefficient (Wildman–Crippen LogP) is 4.90. The van der Waals surface area contributed by atoms with Crippen molar-refractivity contribution in [2.45, 2.75) is 32.3 Å². The summed E-state index contributed by atoms with van der Waals surface area (Å²) in [6.45, 7) is 9.52. The fraction of sp³-hybridized carbons (Fsp3) is 0.417. The minimum Gasteiger partial charge on any atom is -0.485 e. The molecule has 3 aromatic rings. The van der Waals surface area contributed by atoms with Crippen LogP contribution in [-0.2, 0) is 12.8 Å². The molecule has 29 heavy (non-hydrogen) atoms. The van der Waals surface area contributed by atoms with Crippen molar-refractivity contribution >= 4 is 28.2 Å². The Morgan fingerprint density at radius 2 is 1.90 bits per heavy atom. The lowest BCUT2D eigenvalue weighted by Gasteiger charge is -2.37. The summed E-state index contributed by atoms with van der Waals surface area (Å²) in [6.07, 6.45) is 4.16. The van der Waals surface area contributed by atoms with Crippen LogP contribution in [0.25, 0.3) is 10.9 Å². The first-order chi connectivity index (χ1) is 14.0. The standard InChI is InChI=1S/C24H28ClN3O/c1-24(2)15-18-13-19(25)14-22(23(18)29-24)28-11-9-27(10-12-28)8-7-17-16-26-21-6-4-3-5-20(17)21/h3-6,13-14,16,26H,7-12,15H2,1-2H3. The van der Waals surface area contributed by atoms with E-state index < -0.39 is 0 Å². The van der Waals surface area contributed by atoms with Crippen LogP contribution in [0.5, 0.6) is 5.75 Å². The van der Waals surface area contributed by atoms with E-state index in [-0.39, 0.29) is 5.60 Å². The molecule has 1 fully saturated rings. The minimum absolute atomic E-state index is 0.150. The van der Waals surface area contributed by atoms with Crippen LogP contribution in [0.1, 0.15) is 25.0 Å². The second-order valence-corrected chi connectivity index (χ2v) is 9.33. The van der Waals surface area contributed by atoms with Gasteiger partial charge in [-0.05, 0) is 44.0 Å². The molecule has 5 rings (SSSR count). The third-order valence-corrected chi connectivity index (χ3v) is 6.41. The van der Waals surface area contributed by atoms with E-state index in [1.54, 1.807) is 0 Å². The Morgan fingerprint density at radius 1 is 1.10 bits per heavy atom. The Bertz CT molecular complexity index is 1030. The summed E-state index contributed by atoms with van der Waals surface area (Å²) < 4.78 is 6.28. The normalized spacial score (nSPS) is 18.8. The lowest BCUT2D eigenvalue weighted by Crippen LogP contribution is -2.47. The first-order valence-electron chi connectivity index (χ1n) is 10.5. The molecule has 5 heteroatoms. The van der Waals surface area contributed by atoms with Crippen LogP contribution in [0.3, 0.4) is 0 Å². The van der Waals surface area contributed by atoms with Crippen molar-refractivity contribution in [3.63, 3.8) is 0 Å². The summed E-state index contributed by atoms with van der Waals surface area (Å²) in [5, 5.41) is 2.15. The van der Waals surface area contributed by atoms with Crippen LogP contribution < -0.4 is 9.64 Å². The van der Waals surface area contributed by atoms with E-state index in [0.29, 0.717) is 0 Å². The van der Waals surface area contributed by atoms with Gasteiger partial charge in [-0.2, -0.15) is 0 Å². The number of halogens is 1. The first kappa shape index (κ1) is 18.8. The summed E-state index contributed by atoms with van der Waals surface area (Å²) in [7, 11) is 0. The molecule has 0 saturated carbocycles. The van der Waals surface area contributed by atoms with E-state index >= 15 is 0 Å². The van der Waals surface area contributed by atoms with E-state index in [9.17, 15) is 0 Å². The van der Waals surface area contributed by atoms with Gasteiger partial charge in [-0.1, -0.05) is 29.8 Å². The number of H-pyrrole nitrogens is 1. The third-order valence-electron chi connectivity index (χ3n) is 6.19. The third kappa shape index (κ3) is 3.72. The Balaban J connectivity index is 1.24. The molecule has 0 aliphatic carbocycles. The number of aromatic nitrogens is 1. The van der Waals surface area contributed by atoms with Gasteiger partial charge in [-0.25, -0.2) is 0 Å². The maximum atomic E-state index is 6.43. The molecular weight excluding hydrogens is 382 g/mol. The average molecular weight is 410 g/mol. The van der Waals surface area contributed by atoms with Crippen molar-refractivity contribution in [3.05, 3.63) is 58.7 Å². The highest BCUT2D eigenvalue weighted by Gasteiger charge is 2.34. The van der Waals surface area contributed by atoms with Crippen molar-refractivity contribution in [1.29, 1.82) is 0 Å². The maximum Gasteiger partial charge on any atom is 0.146 e. The van der Waals surface area contributed by atoms with Gasteiger partial charge in [0.2, 0.25) is 0 Å². The van der Waals surface area contributed by atoms with E-state index in [1.165, 1.54) is 22.0 Å². The van der Waals surface area contributed by atoms with Crippen molar-refractivity contribution in [1.82, 2.24) is 9.88 Å². The van der Waals surface area contributed by atoms with Crippen LogP contribution in [0.15, 0.2) is 42.6 Å². The summed E-state index contributed by atoms with van der Waals surface area (Å²) in [5.41, 5.74) is 4.88. The van der Waals surface area contributed by atoms with Crippen LogP contribution in [0.4, 0.5) is 5.69 Å². The van der Waals surface area contributed by atoms with Crippen LogP contribution in [-0.4, -0.2) is 48.2 Å². The smallest absolute Gasteiger partial charge is 0.146 e. The first-order valence-corrected chi connectivity index (χ1v) is 10.9. The van der Waals surface area contributed by atoms with Gasteiger partial charge in [0, 0.05) is 66.8 Å². The van der Waals surface area contributed by atoms with Gasteiger partial charge < -0.3 is 14.6 Å². The highest BCUT2D eigenvalue weighted by Crippen LogP contribution is 2.44. The summed E-state index contributed by atoms with van der Waals surface area (Å²) in [4.78, 5) is 8.39. The lowest BCUT2D eigenvalue weighted by atomic mass is 10.0. The summed E-state index contributed by atoms with van der Waals surface area (Å²) in [6, 6.07) is 12.7. The monoisotopic (exact) mass is 409 g/mol. The molecular formula is C24H28ClN3O. The molecule has 1 aromatic heterocycles. The molecule has 0 atom stereocenters. The molecule has 0 unspecified atom stereocenters. The molecule has 3 heterocycles. The number of anilines is 1. The number of benzene rings is 2. The quantitative estimate of drug-likeness (QED) is 0.665. The van der Waals surface area contributed by atoms with Gasteiger partial charge in [-0.3, -0.25) is 4.90 Å². The highest BCUT2D eigenvalue weighted by atomic mass is 35.5. The van der Waals surface area contributed by atoms with E-state index in [0.717, 1.165) is 62.0 Å². The predicted molar refractivity (Wildman–Crippen MR) is 121 cm³/mol. The Morgan fingerprint density at radius 3 is 2.72 bits per heavy atom.